The molecule has 3 rings (SSSR count). The van der Waals surface area contributed by atoms with E-state index in [1.807, 2.05) is 7.05 Å². The van der Waals surface area contributed by atoms with E-state index in [2.05, 4.69) is 22.1 Å². The second-order valence-electron chi connectivity index (χ2n) is 3.22. The van der Waals surface area contributed by atoms with Gasteiger partial charge < -0.3 is 10.1 Å². The zero-order chi connectivity index (χ0) is 8.39. The van der Waals surface area contributed by atoms with Gasteiger partial charge in [0.25, 0.3) is 0 Å². The highest BCUT2D eigenvalue weighted by molar-refractivity contribution is 5.20. The van der Waals surface area contributed by atoms with E-state index in [1.54, 1.807) is 0 Å². The summed E-state index contributed by atoms with van der Waals surface area (Å²) in [6.45, 7) is 3.89. The van der Waals surface area contributed by atoms with Crippen LogP contribution in [0.2, 0.25) is 0 Å². The van der Waals surface area contributed by atoms with E-state index in [9.17, 15) is 0 Å². The molecule has 0 aromatic rings. The second-order valence-corrected chi connectivity index (χ2v) is 3.22. The van der Waals surface area contributed by atoms with Gasteiger partial charge in [-0.2, -0.15) is 0 Å². The van der Waals surface area contributed by atoms with E-state index in [1.165, 1.54) is 0 Å². The van der Waals surface area contributed by atoms with Gasteiger partial charge in [-0.1, -0.05) is 11.8 Å². The van der Waals surface area contributed by atoms with Gasteiger partial charge in [0.15, 0.2) is 0 Å². The normalized spacial score (nSPS) is 33.1. The average molecular weight is 166 g/mol. The SMILES string of the molecule is CNCCN1C[C@@H]2C#C[C@H]1CO2. The first-order chi connectivity index (χ1) is 5.90. The van der Waals surface area contributed by atoms with E-state index in [4.69, 9.17) is 4.74 Å². The number of likely N-dealkylation sites (N-methyl/N-ethyl adjacent to an activating group) is 1. The minimum absolute atomic E-state index is 0.173. The van der Waals surface area contributed by atoms with E-state index < -0.39 is 0 Å². The Morgan fingerprint density at radius 2 is 2.50 bits per heavy atom. The highest BCUT2D eigenvalue weighted by atomic mass is 16.5. The van der Waals surface area contributed by atoms with Crippen LogP contribution in [-0.2, 0) is 4.74 Å². The second kappa shape index (κ2) is 3.44. The fourth-order valence-corrected chi connectivity index (χ4v) is 1.62. The lowest BCUT2D eigenvalue weighted by Crippen LogP contribution is -2.53. The molecule has 66 valence electrons. The fourth-order valence-electron chi connectivity index (χ4n) is 1.62. The van der Waals surface area contributed by atoms with Crippen molar-refractivity contribution in [1.29, 1.82) is 0 Å². The molecule has 3 aliphatic heterocycles. The summed E-state index contributed by atoms with van der Waals surface area (Å²) in [6, 6.07) is 0.350. The Labute approximate surface area is 73.1 Å². The molecule has 3 nitrogen and oxygen atoms in total. The first-order valence-corrected chi connectivity index (χ1v) is 4.41. The van der Waals surface area contributed by atoms with E-state index in [-0.39, 0.29) is 6.10 Å². The van der Waals surface area contributed by atoms with Crippen molar-refractivity contribution < 1.29 is 4.74 Å². The van der Waals surface area contributed by atoms with Crippen LogP contribution in [0, 0.1) is 11.8 Å². The zero-order valence-corrected chi connectivity index (χ0v) is 7.34. The maximum atomic E-state index is 5.45. The fraction of sp³-hybridized carbons (Fsp3) is 0.778. The minimum Gasteiger partial charge on any atom is -0.362 e. The quantitative estimate of drug-likeness (QED) is 0.561. The first kappa shape index (κ1) is 8.06. The lowest BCUT2D eigenvalue weighted by atomic mass is 10.1. The van der Waals surface area contributed by atoms with Crippen molar-refractivity contribution in [3.63, 3.8) is 0 Å². The summed E-state index contributed by atoms with van der Waals surface area (Å²) in [5, 5.41) is 3.14. The van der Waals surface area contributed by atoms with Gasteiger partial charge in [0.05, 0.1) is 12.6 Å². The van der Waals surface area contributed by atoms with Crippen LogP contribution in [0.3, 0.4) is 0 Å². The van der Waals surface area contributed by atoms with Gasteiger partial charge in [0, 0.05) is 19.6 Å². The third-order valence-corrected chi connectivity index (χ3v) is 2.36. The van der Waals surface area contributed by atoms with Crippen molar-refractivity contribution in [2.45, 2.75) is 12.1 Å². The largest absolute Gasteiger partial charge is 0.362 e. The molecular formula is C9H14N2O. The Hall–Kier alpha value is -0.560. The van der Waals surface area contributed by atoms with Crippen LogP contribution in [0.1, 0.15) is 0 Å². The number of fused-ring (bicyclic) bond motifs is 2. The Bertz CT molecular complexity index is 218. The molecule has 0 radical (unpaired) electrons. The molecule has 12 heavy (non-hydrogen) atoms. The number of rotatable bonds is 3. The van der Waals surface area contributed by atoms with Crippen molar-refractivity contribution in [1.82, 2.24) is 10.2 Å². The van der Waals surface area contributed by atoms with Gasteiger partial charge >= 0.3 is 0 Å². The van der Waals surface area contributed by atoms with Crippen LogP contribution >= 0.6 is 0 Å². The van der Waals surface area contributed by atoms with Crippen molar-refractivity contribution in [2.75, 3.05) is 33.3 Å². The lowest BCUT2D eigenvalue weighted by molar-refractivity contribution is -0.0272. The first-order valence-electron chi connectivity index (χ1n) is 4.41. The van der Waals surface area contributed by atoms with Gasteiger partial charge in [-0.05, 0) is 7.05 Å². The Morgan fingerprint density at radius 1 is 1.58 bits per heavy atom. The molecule has 3 aliphatic rings. The number of nitrogens with zero attached hydrogens (tertiary/aromatic N) is 1. The van der Waals surface area contributed by atoms with Crippen molar-refractivity contribution in [3.05, 3.63) is 0 Å². The minimum atomic E-state index is 0.173. The summed E-state index contributed by atoms with van der Waals surface area (Å²) in [5.74, 6) is 6.29. The number of ether oxygens (including phenoxy) is 1. The van der Waals surface area contributed by atoms with Crippen LogP contribution in [0.15, 0.2) is 0 Å². The zero-order valence-electron chi connectivity index (χ0n) is 7.34. The lowest BCUT2D eigenvalue weighted by Gasteiger charge is -2.38. The van der Waals surface area contributed by atoms with Crippen LogP contribution in [-0.4, -0.2) is 50.3 Å². The summed E-state index contributed by atoms with van der Waals surface area (Å²) < 4.78 is 5.45. The number of hydrogen-bond donors (Lipinski definition) is 1. The summed E-state index contributed by atoms with van der Waals surface area (Å²) >= 11 is 0. The molecule has 0 amide bonds. The van der Waals surface area contributed by atoms with Crippen LogP contribution in [0.5, 0.6) is 0 Å². The van der Waals surface area contributed by atoms with Gasteiger partial charge in [0.1, 0.15) is 6.10 Å². The Balaban J connectivity index is 1.91. The average Bonchev–Trinajstić information content (AvgIpc) is 2.17. The maximum Gasteiger partial charge on any atom is 0.131 e. The van der Waals surface area contributed by atoms with Gasteiger partial charge in [-0.15, -0.1) is 0 Å². The summed E-state index contributed by atoms with van der Waals surface area (Å²) in [4.78, 5) is 2.39. The van der Waals surface area contributed by atoms with Crippen LogP contribution in [0.25, 0.3) is 0 Å². The summed E-state index contributed by atoms with van der Waals surface area (Å²) in [7, 11) is 1.98. The molecule has 0 spiro atoms. The van der Waals surface area contributed by atoms with Crippen LogP contribution < -0.4 is 5.32 Å². The monoisotopic (exact) mass is 166 g/mol. The molecule has 1 fully saturated rings. The molecule has 0 aliphatic carbocycles. The smallest absolute Gasteiger partial charge is 0.131 e. The molecule has 0 aromatic carbocycles. The van der Waals surface area contributed by atoms with Gasteiger partial charge in [-0.3, -0.25) is 4.90 Å². The molecule has 3 heteroatoms. The molecule has 1 N–H and O–H groups in total. The van der Waals surface area contributed by atoms with E-state index in [0.717, 1.165) is 26.2 Å². The van der Waals surface area contributed by atoms with Gasteiger partial charge in [0.2, 0.25) is 0 Å². The number of nitrogens with one attached hydrogen (secondary N) is 1. The topological polar surface area (TPSA) is 24.5 Å². The third kappa shape index (κ3) is 1.46. The standard InChI is InChI=1S/C9H14N2O/c1-10-4-5-11-6-9-3-2-8(11)7-12-9/h8-10H,4-7H2,1H3/t8-,9-/m0/s1. The van der Waals surface area contributed by atoms with E-state index >= 15 is 0 Å². The van der Waals surface area contributed by atoms with Crippen molar-refractivity contribution in [2.24, 2.45) is 0 Å². The highest BCUT2D eigenvalue weighted by Gasteiger charge is 2.29. The van der Waals surface area contributed by atoms with E-state index in [0.29, 0.717) is 6.04 Å². The molecule has 0 unspecified atom stereocenters. The van der Waals surface area contributed by atoms with Crippen LogP contribution in [0.4, 0.5) is 0 Å². The molecule has 2 bridgehead atoms. The third-order valence-electron chi connectivity index (χ3n) is 2.36. The summed E-state index contributed by atoms with van der Waals surface area (Å²) in [6.07, 6.45) is 0.173. The predicted octanol–water partition coefficient (Wildman–Crippen LogP) is -0.708. The number of hydrogen-bond acceptors (Lipinski definition) is 3. The van der Waals surface area contributed by atoms with Crippen molar-refractivity contribution >= 4 is 0 Å². The number of morpholine rings is 1. The molecule has 0 aromatic heterocycles. The van der Waals surface area contributed by atoms with Crippen molar-refractivity contribution in [3.8, 4) is 11.8 Å². The molecule has 1 saturated heterocycles. The summed E-state index contributed by atoms with van der Waals surface area (Å²) in [5.41, 5.74) is 0. The Kier molecular flexibility index (Phi) is 2.31. The molecule has 2 atom stereocenters. The Morgan fingerprint density at radius 3 is 3.00 bits per heavy atom. The highest BCUT2D eigenvalue weighted by Crippen LogP contribution is 2.14. The van der Waals surface area contributed by atoms with Gasteiger partial charge in [-0.25, -0.2) is 0 Å². The predicted molar refractivity (Wildman–Crippen MR) is 46.8 cm³/mol. The maximum absolute atomic E-state index is 5.45. The molecule has 0 saturated carbocycles. The molecular weight excluding hydrogens is 152 g/mol. The molecule has 3 heterocycles.